The Morgan fingerprint density at radius 3 is 1.04 bits per heavy atom. The van der Waals surface area contributed by atoms with Gasteiger partial charge in [0.25, 0.3) is 0 Å². The van der Waals surface area contributed by atoms with Crippen LogP contribution in [0.1, 0.15) is 129 Å². The molecule has 0 aromatic heterocycles. The quantitative estimate of drug-likeness (QED) is 0.133. The summed E-state index contributed by atoms with van der Waals surface area (Å²) in [7, 11) is 0. The van der Waals surface area contributed by atoms with Crippen LogP contribution in [0, 0.1) is 0 Å². The van der Waals surface area contributed by atoms with Crippen LogP contribution in [0.4, 0.5) is 0 Å². The molecule has 0 aliphatic rings. The van der Waals surface area contributed by atoms with E-state index in [1.807, 2.05) is 6.92 Å². The lowest BCUT2D eigenvalue weighted by Crippen LogP contribution is -2.42. The second-order valence-corrected chi connectivity index (χ2v) is 7.98. The molecule has 25 heavy (non-hydrogen) atoms. The van der Waals surface area contributed by atoms with Gasteiger partial charge in [-0.15, -0.1) is 0 Å². The molecule has 152 valence electrons. The van der Waals surface area contributed by atoms with Crippen molar-refractivity contribution in [3.8, 4) is 0 Å². The van der Waals surface area contributed by atoms with Crippen molar-refractivity contribution in [3.05, 3.63) is 0 Å². The van der Waals surface area contributed by atoms with E-state index in [0.717, 1.165) is 19.3 Å². The summed E-state index contributed by atoms with van der Waals surface area (Å²) in [5.41, 5.74) is 0. The zero-order chi connectivity index (χ0) is 18.6. The Bertz CT molecular complexity index is 256. The van der Waals surface area contributed by atoms with Crippen LogP contribution in [0.3, 0.4) is 0 Å². The molecule has 3 nitrogen and oxygen atoms in total. The third-order valence-electron chi connectivity index (χ3n) is 5.20. The highest BCUT2D eigenvalue weighted by Crippen LogP contribution is 2.14. The van der Waals surface area contributed by atoms with E-state index < -0.39 is 4.81 Å². The first kappa shape index (κ1) is 24.9. The zero-order valence-electron chi connectivity index (χ0n) is 17.5. The number of unbranched alkanes of at least 4 members (excludes halogenated alkanes) is 16. The predicted molar refractivity (Wildman–Crippen MR) is 108 cm³/mol. The van der Waals surface area contributed by atoms with E-state index in [2.05, 4.69) is 6.92 Å². The van der Waals surface area contributed by atoms with Crippen LogP contribution in [0.5, 0.6) is 0 Å². The maximum atomic E-state index is 9.63. The Balaban J connectivity index is 3.10. The van der Waals surface area contributed by atoms with Crippen molar-refractivity contribution in [2.75, 3.05) is 13.1 Å². The smallest absolute Gasteiger partial charge is 0.142 e. The van der Waals surface area contributed by atoms with Gasteiger partial charge in [-0.3, -0.25) is 0 Å². The molecule has 0 rings (SSSR count). The van der Waals surface area contributed by atoms with Crippen LogP contribution < -0.4 is 0 Å². The first-order valence-corrected chi connectivity index (χ1v) is 11.4. The standard InChI is InChI=1S/C22H48NO2/c1-3-5-6-7-8-9-10-11-12-13-14-15-16-17-18-19-20-22-23(24,25)21-4-2/h24-25H,3-22H2,1-2H3/q+1. The third-order valence-corrected chi connectivity index (χ3v) is 5.20. The molecule has 3 heteroatoms. The number of hydrogen-bond acceptors (Lipinski definition) is 2. The van der Waals surface area contributed by atoms with Gasteiger partial charge in [-0.25, -0.2) is 0 Å². The maximum Gasteiger partial charge on any atom is 0.142 e. The van der Waals surface area contributed by atoms with E-state index in [-0.39, 0.29) is 0 Å². The van der Waals surface area contributed by atoms with Crippen LogP contribution in [0.15, 0.2) is 0 Å². The van der Waals surface area contributed by atoms with Crippen molar-refractivity contribution in [2.45, 2.75) is 129 Å². The Kier molecular flexibility index (Phi) is 18.6. The molecule has 0 saturated heterocycles. The molecule has 0 bridgehead atoms. The molecule has 0 aliphatic heterocycles. The van der Waals surface area contributed by atoms with E-state index in [0.29, 0.717) is 13.1 Å². The average Bonchev–Trinajstić information content (AvgIpc) is 2.57. The van der Waals surface area contributed by atoms with Gasteiger partial charge in [-0.2, -0.15) is 10.4 Å². The molecule has 0 atom stereocenters. The van der Waals surface area contributed by atoms with Crippen LogP contribution in [-0.4, -0.2) is 28.3 Å². The Morgan fingerprint density at radius 1 is 0.400 bits per heavy atom. The van der Waals surface area contributed by atoms with Gasteiger partial charge in [-0.05, 0) is 17.7 Å². The number of hydrogen-bond donors (Lipinski definition) is 2. The second-order valence-electron chi connectivity index (χ2n) is 7.98. The van der Waals surface area contributed by atoms with Crippen LogP contribution in [-0.2, 0) is 0 Å². The van der Waals surface area contributed by atoms with Crippen molar-refractivity contribution >= 4 is 0 Å². The van der Waals surface area contributed by atoms with Crippen molar-refractivity contribution in [3.63, 3.8) is 0 Å². The minimum Gasteiger partial charge on any atom is -0.182 e. The Hall–Kier alpha value is -0.120. The summed E-state index contributed by atoms with van der Waals surface area (Å²) in [4.78, 5) is -0.782. The molecular formula is C22H48NO2+. The van der Waals surface area contributed by atoms with E-state index in [1.54, 1.807) is 0 Å². The molecule has 0 amide bonds. The molecule has 0 radical (unpaired) electrons. The van der Waals surface area contributed by atoms with Crippen LogP contribution in [0.25, 0.3) is 0 Å². The van der Waals surface area contributed by atoms with Crippen LogP contribution >= 0.6 is 0 Å². The summed E-state index contributed by atoms with van der Waals surface area (Å²) in [6, 6.07) is 0. The Morgan fingerprint density at radius 2 is 0.720 bits per heavy atom. The summed E-state index contributed by atoms with van der Waals surface area (Å²) in [6.45, 7) is 5.18. The van der Waals surface area contributed by atoms with E-state index in [1.165, 1.54) is 96.3 Å². The summed E-state index contributed by atoms with van der Waals surface area (Å²) < 4.78 is 0. The first-order valence-electron chi connectivity index (χ1n) is 11.4. The zero-order valence-corrected chi connectivity index (χ0v) is 17.5. The van der Waals surface area contributed by atoms with Gasteiger partial charge in [0.2, 0.25) is 0 Å². The molecule has 0 heterocycles. The monoisotopic (exact) mass is 358 g/mol. The third kappa shape index (κ3) is 20.0. The minimum absolute atomic E-state index is 0.443. The normalized spacial score (nSPS) is 12.0. The van der Waals surface area contributed by atoms with Crippen molar-refractivity contribution < 1.29 is 15.2 Å². The van der Waals surface area contributed by atoms with Gasteiger partial charge in [0.15, 0.2) is 0 Å². The lowest BCUT2D eigenvalue weighted by molar-refractivity contribution is -1.24. The molecule has 2 N–H and O–H groups in total. The molecule has 0 aromatic rings. The van der Waals surface area contributed by atoms with Gasteiger partial charge in [0, 0.05) is 6.42 Å². The number of hydroxylamine groups is 4. The SMILES string of the molecule is CCCCCCCCCCCCCCCCCCC[N+](O)(O)CCC. The van der Waals surface area contributed by atoms with Gasteiger partial charge in [-0.1, -0.05) is 110 Å². The fraction of sp³-hybridized carbons (Fsp3) is 1.00. The molecule has 0 aliphatic carbocycles. The largest absolute Gasteiger partial charge is 0.182 e. The van der Waals surface area contributed by atoms with Gasteiger partial charge in [0.05, 0.1) is 0 Å². The summed E-state index contributed by atoms with van der Waals surface area (Å²) in [6.07, 6.45) is 23.8. The van der Waals surface area contributed by atoms with Gasteiger partial charge >= 0.3 is 0 Å². The van der Waals surface area contributed by atoms with E-state index in [9.17, 15) is 10.4 Å². The van der Waals surface area contributed by atoms with E-state index >= 15 is 0 Å². The predicted octanol–water partition coefficient (Wildman–Crippen LogP) is 7.64. The van der Waals surface area contributed by atoms with Crippen LogP contribution in [0.2, 0.25) is 0 Å². The minimum atomic E-state index is -0.782. The van der Waals surface area contributed by atoms with Gasteiger partial charge < -0.3 is 0 Å². The van der Waals surface area contributed by atoms with Gasteiger partial charge in [0.1, 0.15) is 13.1 Å². The lowest BCUT2D eigenvalue weighted by atomic mass is 10.0. The first-order chi connectivity index (χ1) is 12.1. The number of rotatable bonds is 20. The van der Waals surface area contributed by atoms with Crippen molar-refractivity contribution in [1.29, 1.82) is 0 Å². The topological polar surface area (TPSA) is 40.5 Å². The average molecular weight is 359 g/mol. The molecule has 0 saturated carbocycles. The number of nitrogens with zero attached hydrogens (tertiary/aromatic N) is 1. The summed E-state index contributed by atoms with van der Waals surface area (Å²) in [5.74, 6) is 0. The molecule has 0 fully saturated rings. The second kappa shape index (κ2) is 18.7. The Labute approximate surface area is 158 Å². The summed E-state index contributed by atoms with van der Waals surface area (Å²) >= 11 is 0. The molecule has 0 spiro atoms. The number of quaternary nitrogens is 1. The maximum absolute atomic E-state index is 9.63. The molecule has 0 unspecified atom stereocenters. The lowest BCUT2D eigenvalue weighted by Gasteiger charge is -2.20. The highest BCUT2D eigenvalue weighted by molar-refractivity contribution is 4.50. The highest BCUT2D eigenvalue weighted by atomic mass is 16.8. The summed E-state index contributed by atoms with van der Waals surface area (Å²) in [5, 5.41) is 19.3. The fourth-order valence-electron chi connectivity index (χ4n) is 3.56. The highest BCUT2D eigenvalue weighted by Gasteiger charge is 2.19. The molecule has 0 aromatic carbocycles. The fourth-order valence-corrected chi connectivity index (χ4v) is 3.56. The molecular weight excluding hydrogens is 310 g/mol. The van der Waals surface area contributed by atoms with Crippen molar-refractivity contribution in [1.82, 2.24) is 0 Å². The van der Waals surface area contributed by atoms with Crippen molar-refractivity contribution in [2.24, 2.45) is 0 Å². The van der Waals surface area contributed by atoms with E-state index in [4.69, 9.17) is 0 Å².